The van der Waals surface area contributed by atoms with Crippen LogP contribution in [0.25, 0.3) is 0 Å². The number of carbonyl (C=O) groups is 1. The maximum atomic E-state index is 12.7. The minimum absolute atomic E-state index is 0.234. The molecule has 0 bridgehead atoms. The van der Waals surface area contributed by atoms with Gasteiger partial charge < -0.3 is 10.6 Å². The molecule has 0 aromatic heterocycles. The van der Waals surface area contributed by atoms with E-state index < -0.39 is 10.0 Å². The molecule has 2 N–H and O–H groups in total. The normalized spacial score (nSPS) is 15.1. The Balaban J connectivity index is 1.45. The number of benzene rings is 2. The van der Waals surface area contributed by atoms with E-state index in [0.29, 0.717) is 31.1 Å². The van der Waals surface area contributed by atoms with Crippen molar-refractivity contribution in [2.24, 2.45) is 0 Å². The standard InChI is InChI=1S/C22H29N3O3S/c1-18-6-5-7-19(16-18)12-13-23-22(26)24-17-20-8-10-21(11-9-20)29(27,28)25-14-3-2-4-15-25/h5-11,16H,2-4,12-15,17H2,1H3,(H2,23,24,26). The van der Waals surface area contributed by atoms with Crippen LogP contribution in [0, 0.1) is 6.92 Å². The zero-order valence-electron chi connectivity index (χ0n) is 16.9. The van der Waals surface area contributed by atoms with E-state index in [1.807, 2.05) is 25.1 Å². The number of urea groups is 1. The van der Waals surface area contributed by atoms with Crippen molar-refractivity contribution in [3.8, 4) is 0 Å². The van der Waals surface area contributed by atoms with Crippen molar-refractivity contribution in [3.63, 3.8) is 0 Å². The van der Waals surface area contributed by atoms with Crippen LogP contribution in [-0.2, 0) is 23.0 Å². The van der Waals surface area contributed by atoms with Crippen LogP contribution in [0.3, 0.4) is 0 Å². The Labute approximate surface area is 173 Å². The van der Waals surface area contributed by atoms with Crippen molar-refractivity contribution >= 4 is 16.1 Å². The van der Waals surface area contributed by atoms with Gasteiger partial charge in [0.2, 0.25) is 10.0 Å². The van der Waals surface area contributed by atoms with Gasteiger partial charge in [0.25, 0.3) is 0 Å². The first kappa shape index (κ1) is 21.3. The number of amides is 2. The molecule has 2 aromatic rings. The van der Waals surface area contributed by atoms with E-state index in [9.17, 15) is 13.2 Å². The van der Waals surface area contributed by atoms with Gasteiger partial charge in [0.1, 0.15) is 0 Å². The summed E-state index contributed by atoms with van der Waals surface area (Å²) < 4.78 is 26.9. The Morgan fingerprint density at radius 1 is 0.966 bits per heavy atom. The summed E-state index contributed by atoms with van der Waals surface area (Å²) in [5, 5.41) is 5.66. The second-order valence-corrected chi connectivity index (χ2v) is 9.40. The number of sulfonamides is 1. The van der Waals surface area contributed by atoms with E-state index in [0.717, 1.165) is 31.2 Å². The number of aryl methyl sites for hydroxylation is 1. The molecule has 156 valence electrons. The van der Waals surface area contributed by atoms with Crippen molar-refractivity contribution in [2.45, 2.75) is 44.0 Å². The van der Waals surface area contributed by atoms with Crippen molar-refractivity contribution in [1.82, 2.24) is 14.9 Å². The smallest absolute Gasteiger partial charge is 0.315 e. The Bertz CT molecular complexity index is 921. The van der Waals surface area contributed by atoms with Gasteiger partial charge >= 0.3 is 6.03 Å². The fourth-order valence-corrected chi connectivity index (χ4v) is 4.98. The number of nitrogens with zero attached hydrogens (tertiary/aromatic N) is 1. The number of rotatable bonds is 7. The number of nitrogens with one attached hydrogen (secondary N) is 2. The second kappa shape index (κ2) is 9.89. The SMILES string of the molecule is Cc1cccc(CCNC(=O)NCc2ccc(S(=O)(=O)N3CCCCC3)cc2)c1. The van der Waals surface area contributed by atoms with Gasteiger partial charge in [-0.15, -0.1) is 0 Å². The highest BCUT2D eigenvalue weighted by molar-refractivity contribution is 7.89. The average Bonchev–Trinajstić information content (AvgIpc) is 2.73. The molecule has 3 rings (SSSR count). The zero-order valence-corrected chi connectivity index (χ0v) is 17.7. The molecule has 0 saturated carbocycles. The highest BCUT2D eigenvalue weighted by Crippen LogP contribution is 2.20. The first-order valence-electron chi connectivity index (χ1n) is 10.1. The van der Waals surface area contributed by atoms with E-state index in [1.54, 1.807) is 28.6 Å². The van der Waals surface area contributed by atoms with Crippen LogP contribution >= 0.6 is 0 Å². The summed E-state index contributed by atoms with van der Waals surface area (Å²) in [5.74, 6) is 0. The van der Waals surface area contributed by atoms with Gasteiger partial charge in [-0.05, 0) is 49.4 Å². The molecule has 1 aliphatic rings. The van der Waals surface area contributed by atoms with Crippen LogP contribution in [-0.4, -0.2) is 38.4 Å². The monoisotopic (exact) mass is 415 g/mol. The summed E-state index contributed by atoms with van der Waals surface area (Å²) in [4.78, 5) is 12.3. The van der Waals surface area contributed by atoms with Crippen molar-refractivity contribution in [2.75, 3.05) is 19.6 Å². The molecular formula is C22H29N3O3S. The zero-order chi connectivity index (χ0) is 20.7. The van der Waals surface area contributed by atoms with E-state index in [2.05, 4.69) is 16.7 Å². The molecule has 1 aliphatic heterocycles. The van der Waals surface area contributed by atoms with E-state index in [-0.39, 0.29) is 6.03 Å². The van der Waals surface area contributed by atoms with Crippen LogP contribution in [0.2, 0.25) is 0 Å². The van der Waals surface area contributed by atoms with Crippen LogP contribution in [0.1, 0.15) is 36.0 Å². The summed E-state index contributed by atoms with van der Waals surface area (Å²) in [6, 6.07) is 14.7. The maximum Gasteiger partial charge on any atom is 0.315 e. The van der Waals surface area contributed by atoms with E-state index >= 15 is 0 Å². The topological polar surface area (TPSA) is 78.5 Å². The van der Waals surface area contributed by atoms with Crippen molar-refractivity contribution < 1.29 is 13.2 Å². The molecule has 6 nitrogen and oxygen atoms in total. The molecule has 2 amide bonds. The lowest BCUT2D eigenvalue weighted by atomic mass is 10.1. The summed E-state index contributed by atoms with van der Waals surface area (Å²) >= 11 is 0. The maximum absolute atomic E-state index is 12.7. The molecule has 0 atom stereocenters. The lowest BCUT2D eigenvalue weighted by molar-refractivity contribution is 0.240. The molecule has 0 radical (unpaired) electrons. The predicted molar refractivity (Wildman–Crippen MR) is 114 cm³/mol. The van der Waals surface area contributed by atoms with Gasteiger partial charge in [-0.1, -0.05) is 48.4 Å². The van der Waals surface area contributed by atoms with Crippen molar-refractivity contribution in [3.05, 3.63) is 65.2 Å². The molecule has 0 unspecified atom stereocenters. The molecule has 0 aliphatic carbocycles. The minimum Gasteiger partial charge on any atom is -0.338 e. The Kier molecular flexibility index (Phi) is 7.28. The van der Waals surface area contributed by atoms with E-state index in [4.69, 9.17) is 0 Å². The fourth-order valence-electron chi connectivity index (χ4n) is 3.47. The van der Waals surface area contributed by atoms with Crippen molar-refractivity contribution in [1.29, 1.82) is 0 Å². The third kappa shape index (κ3) is 6.05. The van der Waals surface area contributed by atoms with Gasteiger partial charge in [0, 0.05) is 26.2 Å². The van der Waals surface area contributed by atoms with Gasteiger partial charge in [0.15, 0.2) is 0 Å². The van der Waals surface area contributed by atoms with Crippen LogP contribution in [0.4, 0.5) is 4.79 Å². The number of hydrogen-bond donors (Lipinski definition) is 2. The first-order valence-corrected chi connectivity index (χ1v) is 11.6. The molecule has 1 fully saturated rings. The van der Waals surface area contributed by atoms with Gasteiger partial charge in [-0.3, -0.25) is 0 Å². The molecule has 7 heteroatoms. The molecule has 1 heterocycles. The lowest BCUT2D eigenvalue weighted by Gasteiger charge is -2.25. The highest BCUT2D eigenvalue weighted by Gasteiger charge is 2.25. The second-order valence-electron chi connectivity index (χ2n) is 7.46. The third-order valence-electron chi connectivity index (χ3n) is 5.11. The Morgan fingerprint density at radius 2 is 1.69 bits per heavy atom. The first-order chi connectivity index (χ1) is 13.9. The minimum atomic E-state index is -3.42. The number of carbonyl (C=O) groups excluding carboxylic acids is 1. The predicted octanol–water partition coefficient (Wildman–Crippen LogP) is 3.21. The van der Waals surface area contributed by atoms with Gasteiger partial charge in [0.05, 0.1) is 4.90 Å². The van der Waals surface area contributed by atoms with Gasteiger partial charge in [-0.25, -0.2) is 13.2 Å². The summed E-state index contributed by atoms with van der Waals surface area (Å²) in [6.07, 6.45) is 3.70. The van der Waals surface area contributed by atoms with E-state index in [1.165, 1.54) is 11.1 Å². The van der Waals surface area contributed by atoms with Crippen LogP contribution < -0.4 is 10.6 Å². The molecule has 2 aromatic carbocycles. The molecular weight excluding hydrogens is 386 g/mol. The number of hydrogen-bond acceptors (Lipinski definition) is 3. The highest BCUT2D eigenvalue weighted by atomic mass is 32.2. The molecule has 29 heavy (non-hydrogen) atoms. The quantitative estimate of drug-likeness (QED) is 0.729. The largest absolute Gasteiger partial charge is 0.338 e. The summed E-state index contributed by atoms with van der Waals surface area (Å²) in [5.41, 5.74) is 3.25. The summed E-state index contributed by atoms with van der Waals surface area (Å²) in [7, 11) is -3.42. The van der Waals surface area contributed by atoms with Crippen LogP contribution in [0.5, 0.6) is 0 Å². The fraction of sp³-hybridized carbons (Fsp3) is 0.409. The third-order valence-corrected chi connectivity index (χ3v) is 7.02. The molecule has 1 saturated heterocycles. The van der Waals surface area contributed by atoms with Crippen LogP contribution in [0.15, 0.2) is 53.4 Å². The average molecular weight is 416 g/mol. The molecule has 0 spiro atoms. The Morgan fingerprint density at radius 3 is 2.38 bits per heavy atom. The number of piperidine rings is 1. The summed E-state index contributed by atoms with van der Waals surface area (Å²) in [6.45, 7) is 4.14. The van der Waals surface area contributed by atoms with Gasteiger partial charge in [-0.2, -0.15) is 4.31 Å². The Hall–Kier alpha value is -2.38. The lowest BCUT2D eigenvalue weighted by Crippen LogP contribution is -2.36.